The van der Waals surface area contributed by atoms with E-state index >= 15 is 0 Å². The van der Waals surface area contributed by atoms with Gasteiger partial charge in [0.1, 0.15) is 0 Å². The van der Waals surface area contributed by atoms with Crippen LogP contribution < -0.4 is 0 Å². The quantitative estimate of drug-likeness (QED) is 0.466. The predicted molar refractivity (Wildman–Crippen MR) is 86.9 cm³/mol. The Morgan fingerprint density at radius 1 is 0.583 bits per heavy atom. The summed E-state index contributed by atoms with van der Waals surface area (Å²) in [6, 6.07) is 12.6. The Kier molecular flexibility index (Phi) is 4.02. The summed E-state index contributed by atoms with van der Waals surface area (Å²) in [6.07, 6.45) is 2.43. The van der Waals surface area contributed by atoms with E-state index < -0.39 is 23.7 Å². The molecule has 0 amide bonds. The average Bonchev–Trinajstić information content (AvgIpc) is 2.52. The van der Waals surface area contributed by atoms with E-state index in [1.165, 1.54) is 36.4 Å². The SMILES string of the molecule is Cc1ccc(C2C=CC(c3ccc(C)cc3)C(F)(F)C2(F)F)cc1. The van der Waals surface area contributed by atoms with Crippen LogP contribution in [-0.4, -0.2) is 11.8 Å². The molecule has 2 atom stereocenters. The Morgan fingerprint density at radius 2 is 0.875 bits per heavy atom. The van der Waals surface area contributed by atoms with Gasteiger partial charge in [0.05, 0.1) is 11.8 Å². The van der Waals surface area contributed by atoms with Gasteiger partial charge in [0.2, 0.25) is 0 Å². The second-order valence-electron chi connectivity index (χ2n) is 6.41. The van der Waals surface area contributed by atoms with Crippen molar-refractivity contribution in [3.63, 3.8) is 0 Å². The van der Waals surface area contributed by atoms with Crippen molar-refractivity contribution in [2.75, 3.05) is 0 Å². The smallest absolute Gasteiger partial charge is 0.199 e. The fourth-order valence-electron chi connectivity index (χ4n) is 3.07. The molecule has 0 saturated carbocycles. The van der Waals surface area contributed by atoms with Crippen LogP contribution in [0.4, 0.5) is 17.6 Å². The molecule has 2 aromatic rings. The van der Waals surface area contributed by atoms with E-state index in [0.717, 1.165) is 11.1 Å². The zero-order valence-electron chi connectivity index (χ0n) is 13.4. The zero-order chi connectivity index (χ0) is 17.5. The molecular weight excluding hydrogens is 316 g/mol. The molecule has 2 aromatic carbocycles. The Balaban J connectivity index is 2.04. The lowest BCUT2D eigenvalue weighted by Crippen LogP contribution is -2.50. The third-order valence-corrected chi connectivity index (χ3v) is 4.59. The number of aryl methyl sites for hydroxylation is 2. The van der Waals surface area contributed by atoms with Gasteiger partial charge in [-0.3, -0.25) is 0 Å². The number of benzene rings is 2. The minimum absolute atomic E-state index is 0.198. The van der Waals surface area contributed by atoms with Crippen molar-refractivity contribution >= 4 is 0 Å². The van der Waals surface area contributed by atoms with Crippen LogP contribution in [0, 0.1) is 13.8 Å². The van der Waals surface area contributed by atoms with E-state index in [4.69, 9.17) is 0 Å². The molecule has 4 heteroatoms. The van der Waals surface area contributed by atoms with Crippen molar-refractivity contribution in [2.24, 2.45) is 0 Å². The third kappa shape index (κ3) is 2.64. The second kappa shape index (κ2) is 5.76. The maximum atomic E-state index is 14.6. The zero-order valence-corrected chi connectivity index (χ0v) is 13.4. The summed E-state index contributed by atoms with van der Waals surface area (Å²) < 4.78 is 58.6. The maximum Gasteiger partial charge on any atom is 0.321 e. The topological polar surface area (TPSA) is 0 Å². The van der Waals surface area contributed by atoms with Gasteiger partial charge in [-0.25, -0.2) is 0 Å². The van der Waals surface area contributed by atoms with Gasteiger partial charge in [0, 0.05) is 0 Å². The summed E-state index contributed by atoms with van der Waals surface area (Å²) in [5.41, 5.74) is 2.19. The molecule has 0 fully saturated rings. The van der Waals surface area contributed by atoms with Gasteiger partial charge in [0.25, 0.3) is 0 Å². The standard InChI is InChI=1S/C20H18F4/c1-13-3-7-15(8-4-13)17-11-12-18(20(23,24)19(17,21)22)16-9-5-14(2)6-10-16/h3-12,17-18H,1-2H3. The minimum Gasteiger partial charge on any atom is -0.199 e. The fourth-order valence-corrected chi connectivity index (χ4v) is 3.07. The van der Waals surface area contributed by atoms with Crippen LogP contribution in [-0.2, 0) is 0 Å². The number of allylic oxidation sites excluding steroid dienone is 2. The van der Waals surface area contributed by atoms with E-state index in [1.807, 2.05) is 13.8 Å². The van der Waals surface area contributed by atoms with Crippen LogP contribution in [0.1, 0.15) is 34.1 Å². The minimum atomic E-state index is -4.16. The highest BCUT2D eigenvalue weighted by atomic mass is 19.3. The van der Waals surface area contributed by atoms with E-state index in [0.29, 0.717) is 0 Å². The van der Waals surface area contributed by atoms with E-state index in [2.05, 4.69) is 0 Å². The Labute approximate surface area is 138 Å². The van der Waals surface area contributed by atoms with Crippen molar-refractivity contribution in [1.29, 1.82) is 0 Å². The summed E-state index contributed by atoms with van der Waals surface area (Å²) in [7, 11) is 0. The van der Waals surface area contributed by atoms with Gasteiger partial charge in [-0.05, 0) is 25.0 Å². The van der Waals surface area contributed by atoms with Crippen LogP contribution in [0.2, 0.25) is 0 Å². The molecule has 0 N–H and O–H groups in total. The molecule has 24 heavy (non-hydrogen) atoms. The Morgan fingerprint density at radius 3 is 1.17 bits per heavy atom. The van der Waals surface area contributed by atoms with Crippen molar-refractivity contribution in [3.8, 4) is 0 Å². The first kappa shape index (κ1) is 16.7. The molecule has 0 aliphatic heterocycles. The Bertz CT molecular complexity index is 677. The first-order chi connectivity index (χ1) is 11.2. The highest BCUT2D eigenvalue weighted by molar-refractivity contribution is 5.39. The summed E-state index contributed by atoms with van der Waals surface area (Å²) in [5, 5.41) is 0. The molecule has 1 aliphatic carbocycles. The van der Waals surface area contributed by atoms with Gasteiger partial charge in [-0.2, -0.15) is 17.6 Å². The highest BCUT2D eigenvalue weighted by Crippen LogP contribution is 2.55. The first-order valence-corrected chi connectivity index (χ1v) is 7.80. The first-order valence-electron chi connectivity index (χ1n) is 7.80. The molecule has 0 saturated heterocycles. The number of hydrogen-bond donors (Lipinski definition) is 0. The molecule has 1 aliphatic rings. The number of halogens is 4. The van der Waals surface area contributed by atoms with Crippen molar-refractivity contribution in [2.45, 2.75) is 37.5 Å². The van der Waals surface area contributed by atoms with Crippen LogP contribution in [0.15, 0.2) is 60.7 Å². The summed E-state index contributed by atoms with van der Waals surface area (Å²) >= 11 is 0. The largest absolute Gasteiger partial charge is 0.321 e. The third-order valence-electron chi connectivity index (χ3n) is 4.59. The van der Waals surface area contributed by atoms with Gasteiger partial charge < -0.3 is 0 Å². The van der Waals surface area contributed by atoms with Gasteiger partial charge in [-0.15, -0.1) is 0 Å². The molecule has 0 radical (unpaired) electrons. The average molecular weight is 334 g/mol. The van der Waals surface area contributed by atoms with Gasteiger partial charge in [-0.1, -0.05) is 71.8 Å². The maximum absolute atomic E-state index is 14.6. The van der Waals surface area contributed by atoms with E-state index in [-0.39, 0.29) is 11.1 Å². The summed E-state index contributed by atoms with van der Waals surface area (Å²) in [4.78, 5) is 0. The molecule has 0 heterocycles. The summed E-state index contributed by atoms with van der Waals surface area (Å²) in [6.45, 7) is 3.64. The van der Waals surface area contributed by atoms with Gasteiger partial charge in [0.15, 0.2) is 0 Å². The molecule has 3 rings (SSSR count). The van der Waals surface area contributed by atoms with Crippen LogP contribution >= 0.6 is 0 Å². The van der Waals surface area contributed by atoms with Crippen molar-refractivity contribution in [1.82, 2.24) is 0 Å². The van der Waals surface area contributed by atoms with E-state index in [1.54, 1.807) is 24.3 Å². The summed E-state index contributed by atoms with van der Waals surface area (Å²) in [5.74, 6) is -11.6. The molecule has 126 valence electrons. The molecule has 0 spiro atoms. The molecule has 2 unspecified atom stereocenters. The van der Waals surface area contributed by atoms with Crippen LogP contribution in [0.25, 0.3) is 0 Å². The fraction of sp³-hybridized carbons (Fsp3) is 0.300. The lowest BCUT2D eigenvalue weighted by Gasteiger charge is -2.39. The number of alkyl halides is 4. The number of rotatable bonds is 2. The lowest BCUT2D eigenvalue weighted by molar-refractivity contribution is -0.225. The normalized spacial score (nSPS) is 24.8. The molecular formula is C20H18F4. The lowest BCUT2D eigenvalue weighted by atomic mass is 9.75. The molecule has 0 aromatic heterocycles. The van der Waals surface area contributed by atoms with E-state index in [9.17, 15) is 17.6 Å². The second-order valence-corrected chi connectivity index (χ2v) is 6.41. The highest BCUT2D eigenvalue weighted by Gasteiger charge is 2.65. The molecule has 0 bridgehead atoms. The molecule has 0 nitrogen and oxygen atoms in total. The van der Waals surface area contributed by atoms with Gasteiger partial charge >= 0.3 is 11.8 Å². The number of hydrogen-bond acceptors (Lipinski definition) is 0. The Hall–Kier alpha value is -2.10. The van der Waals surface area contributed by atoms with Crippen LogP contribution in [0.3, 0.4) is 0 Å². The monoisotopic (exact) mass is 334 g/mol. The van der Waals surface area contributed by atoms with Crippen LogP contribution in [0.5, 0.6) is 0 Å². The predicted octanol–water partition coefficient (Wildman–Crippen LogP) is 6.01. The van der Waals surface area contributed by atoms with Crippen molar-refractivity contribution < 1.29 is 17.6 Å². The van der Waals surface area contributed by atoms with Crippen molar-refractivity contribution in [3.05, 3.63) is 82.9 Å².